The lowest BCUT2D eigenvalue weighted by atomic mass is 9.96. The first kappa shape index (κ1) is 17.4. The molecule has 0 radical (unpaired) electrons. The highest BCUT2D eigenvalue weighted by Gasteiger charge is 2.15. The van der Waals surface area contributed by atoms with Gasteiger partial charge in [0, 0.05) is 12.2 Å². The molecule has 128 valence electrons. The second kappa shape index (κ2) is 8.07. The summed E-state index contributed by atoms with van der Waals surface area (Å²) in [6, 6.07) is 6.88. The number of thiocarbonyl (C=S) groups is 1. The Kier molecular flexibility index (Phi) is 5.84. The molecule has 0 aliphatic heterocycles. The molecule has 0 atom stereocenters. The van der Waals surface area contributed by atoms with Crippen LogP contribution in [0.2, 0.25) is 0 Å². The number of aromatic nitrogens is 2. The fourth-order valence-electron chi connectivity index (χ4n) is 2.92. The van der Waals surface area contributed by atoms with Crippen LogP contribution in [-0.4, -0.2) is 20.9 Å². The van der Waals surface area contributed by atoms with E-state index in [0.717, 1.165) is 10.0 Å². The molecule has 4 nitrogen and oxygen atoms in total. The molecule has 0 amide bonds. The molecule has 3 rings (SSSR count). The largest absolute Gasteiger partial charge is 0.360 e. The Hall–Kier alpha value is -1.47. The van der Waals surface area contributed by atoms with Gasteiger partial charge in [0.25, 0.3) is 0 Å². The highest BCUT2D eigenvalue weighted by atomic mass is 79.9. The average Bonchev–Trinajstić information content (AvgIpc) is 2.90. The topological polar surface area (TPSA) is 41.9 Å². The van der Waals surface area contributed by atoms with Gasteiger partial charge < -0.3 is 10.6 Å². The molecule has 0 saturated heterocycles. The van der Waals surface area contributed by atoms with Gasteiger partial charge in [0.05, 0.1) is 11.0 Å². The third-order valence-corrected chi connectivity index (χ3v) is 4.95. The van der Waals surface area contributed by atoms with Gasteiger partial charge in [0.1, 0.15) is 5.82 Å². The van der Waals surface area contributed by atoms with Crippen LogP contribution in [-0.2, 0) is 6.54 Å². The average molecular weight is 411 g/mol. The van der Waals surface area contributed by atoms with Gasteiger partial charge in [-0.3, -0.25) is 4.68 Å². The molecular formula is C17H20BrFN4S. The quantitative estimate of drug-likeness (QED) is 0.730. The number of nitrogens with one attached hydrogen (secondary N) is 2. The van der Waals surface area contributed by atoms with Crippen LogP contribution in [0.3, 0.4) is 0 Å². The van der Waals surface area contributed by atoms with Crippen LogP contribution in [0, 0.1) is 5.82 Å². The van der Waals surface area contributed by atoms with Gasteiger partial charge in [0.15, 0.2) is 10.9 Å². The Labute approximate surface area is 155 Å². The van der Waals surface area contributed by atoms with Crippen LogP contribution in [0.5, 0.6) is 0 Å². The van der Waals surface area contributed by atoms with Crippen molar-refractivity contribution < 1.29 is 4.39 Å². The lowest BCUT2D eigenvalue weighted by molar-refractivity contribution is 0.414. The Bertz CT molecular complexity index is 695. The minimum atomic E-state index is -0.234. The molecule has 1 aliphatic carbocycles. The molecule has 1 heterocycles. The fraction of sp³-hybridized carbons (Fsp3) is 0.412. The standard InChI is InChI=1S/C17H20BrFN4S/c18-15-11-23(10-12-6-8-13(19)9-7-12)22-16(15)21-17(24)20-14-4-2-1-3-5-14/h6-9,11,14H,1-5,10H2,(H2,20,21,22,24). The fourth-order valence-corrected chi connectivity index (χ4v) is 3.59. The molecule has 0 spiro atoms. The smallest absolute Gasteiger partial charge is 0.172 e. The highest BCUT2D eigenvalue weighted by molar-refractivity contribution is 9.10. The monoisotopic (exact) mass is 410 g/mol. The predicted molar refractivity (Wildman–Crippen MR) is 102 cm³/mol. The molecular weight excluding hydrogens is 391 g/mol. The summed E-state index contributed by atoms with van der Waals surface area (Å²) >= 11 is 8.90. The van der Waals surface area contributed by atoms with E-state index in [1.54, 1.807) is 16.8 Å². The minimum Gasteiger partial charge on any atom is -0.360 e. The van der Waals surface area contributed by atoms with Crippen molar-refractivity contribution in [2.75, 3.05) is 5.32 Å². The summed E-state index contributed by atoms with van der Waals surface area (Å²) in [6.45, 7) is 0.573. The zero-order valence-corrected chi connectivity index (χ0v) is 15.7. The molecule has 1 aromatic carbocycles. The van der Waals surface area contributed by atoms with Gasteiger partial charge in [-0.15, -0.1) is 0 Å². The zero-order chi connectivity index (χ0) is 16.9. The molecule has 1 fully saturated rings. The highest BCUT2D eigenvalue weighted by Crippen LogP contribution is 2.22. The van der Waals surface area contributed by atoms with E-state index in [-0.39, 0.29) is 5.82 Å². The molecule has 2 aromatic rings. The van der Waals surface area contributed by atoms with Crippen LogP contribution in [0.25, 0.3) is 0 Å². The molecule has 0 bridgehead atoms. The molecule has 1 aromatic heterocycles. The van der Waals surface area contributed by atoms with Crippen molar-refractivity contribution in [2.45, 2.75) is 44.7 Å². The summed E-state index contributed by atoms with van der Waals surface area (Å²) < 4.78 is 15.6. The van der Waals surface area contributed by atoms with Gasteiger partial charge in [-0.2, -0.15) is 5.10 Å². The van der Waals surface area contributed by atoms with E-state index in [9.17, 15) is 4.39 Å². The number of halogens is 2. The van der Waals surface area contributed by atoms with E-state index in [1.165, 1.54) is 44.2 Å². The second-order valence-electron chi connectivity index (χ2n) is 6.08. The number of hydrogen-bond acceptors (Lipinski definition) is 2. The van der Waals surface area contributed by atoms with E-state index in [1.807, 2.05) is 6.20 Å². The summed E-state index contributed by atoms with van der Waals surface area (Å²) in [7, 11) is 0. The van der Waals surface area contributed by atoms with E-state index in [0.29, 0.717) is 23.5 Å². The van der Waals surface area contributed by atoms with Gasteiger partial charge in [0.2, 0.25) is 0 Å². The Morgan fingerprint density at radius 1 is 1.25 bits per heavy atom. The number of rotatable bonds is 4. The van der Waals surface area contributed by atoms with Gasteiger partial charge in [-0.25, -0.2) is 4.39 Å². The number of anilines is 1. The minimum absolute atomic E-state index is 0.234. The van der Waals surface area contributed by atoms with Crippen molar-refractivity contribution in [1.82, 2.24) is 15.1 Å². The summed E-state index contributed by atoms with van der Waals surface area (Å²) in [5, 5.41) is 11.6. The van der Waals surface area contributed by atoms with Crippen molar-refractivity contribution in [2.24, 2.45) is 0 Å². The number of benzene rings is 1. The Morgan fingerprint density at radius 3 is 2.67 bits per heavy atom. The number of hydrogen-bond donors (Lipinski definition) is 2. The molecule has 1 saturated carbocycles. The van der Waals surface area contributed by atoms with Gasteiger partial charge >= 0.3 is 0 Å². The summed E-state index contributed by atoms with van der Waals surface area (Å²) in [6.07, 6.45) is 8.06. The zero-order valence-electron chi connectivity index (χ0n) is 13.3. The van der Waals surface area contributed by atoms with Gasteiger partial charge in [-0.05, 0) is 58.7 Å². The normalized spacial score (nSPS) is 15.2. The van der Waals surface area contributed by atoms with Crippen molar-refractivity contribution in [3.05, 3.63) is 46.3 Å². The SMILES string of the molecule is Fc1ccc(Cn2cc(Br)c(NC(=S)NC3CCCCC3)n2)cc1. The molecule has 0 unspecified atom stereocenters. The molecule has 1 aliphatic rings. The van der Waals surface area contributed by atoms with Crippen molar-refractivity contribution >= 4 is 39.1 Å². The second-order valence-corrected chi connectivity index (χ2v) is 7.35. The van der Waals surface area contributed by atoms with Crippen LogP contribution in [0.4, 0.5) is 10.2 Å². The lowest BCUT2D eigenvalue weighted by Gasteiger charge is -2.24. The number of nitrogens with zero attached hydrogens (tertiary/aromatic N) is 2. The van der Waals surface area contributed by atoms with E-state index >= 15 is 0 Å². The maximum atomic E-state index is 13.0. The van der Waals surface area contributed by atoms with Crippen molar-refractivity contribution in [1.29, 1.82) is 0 Å². The summed E-state index contributed by atoms with van der Waals surface area (Å²) in [5.41, 5.74) is 0.987. The summed E-state index contributed by atoms with van der Waals surface area (Å²) in [4.78, 5) is 0. The Morgan fingerprint density at radius 2 is 1.96 bits per heavy atom. The lowest BCUT2D eigenvalue weighted by Crippen LogP contribution is -2.39. The van der Waals surface area contributed by atoms with Crippen LogP contribution >= 0.6 is 28.1 Å². The van der Waals surface area contributed by atoms with Gasteiger partial charge in [-0.1, -0.05) is 31.4 Å². The van der Waals surface area contributed by atoms with E-state index in [4.69, 9.17) is 12.2 Å². The third kappa shape index (κ3) is 4.77. The van der Waals surface area contributed by atoms with Crippen molar-refractivity contribution in [3.63, 3.8) is 0 Å². The van der Waals surface area contributed by atoms with E-state index < -0.39 is 0 Å². The summed E-state index contributed by atoms with van der Waals surface area (Å²) in [5.74, 6) is 0.451. The molecule has 2 N–H and O–H groups in total. The first-order valence-electron chi connectivity index (χ1n) is 8.15. The third-order valence-electron chi connectivity index (χ3n) is 4.15. The van der Waals surface area contributed by atoms with E-state index in [2.05, 4.69) is 31.7 Å². The maximum absolute atomic E-state index is 13.0. The predicted octanol–water partition coefficient (Wildman–Crippen LogP) is 4.45. The van der Waals surface area contributed by atoms with Crippen LogP contribution in [0.1, 0.15) is 37.7 Å². The maximum Gasteiger partial charge on any atom is 0.172 e. The Balaban J connectivity index is 1.58. The van der Waals surface area contributed by atoms with Crippen molar-refractivity contribution in [3.8, 4) is 0 Å². The van der Waals surface area contributed by atoms with Crippen LogP contribution in [0.15, 0.2) is 34.9 Å². The molecule has 24 heavy (non-hydrogen) atoms. The first-order valence-corrected chi connectivity index (χ1v) is 9.35. The molecule has 7 heteroatoms. The first-order chi connectivity index (χ1) is 11.6. The van der Waals surface area contributed by atoms with Crippen LogP contribution < -0.4 is 10.6 Å².